The predicted molar refractivity (Wildman–Crippen MR) is 149 cm³/mol. The van der Waals surface area contributed by atoms with Gasteiger partial charge in [0, 0.05) is 51.6 Å². The van der Waals surface area contributed by atoms with Gasteiger partial charge in [-0.25, -0.2) is 19.7 Å². The van der Waals surface area contributed by atoms with Crippen LogP contribution in [0.3, 0.4) is 0 Å². The van der Waals surface area contributed by atoms with Crippen molar-refractivity contribution < 1.29 is 24.0 Å². The van der Waals surface area contributed by atoms with E-state index in [2.05, 4.69) is 30.5 Å². The molecule has 0 bridgehead atoms. The van der Waals surface area contributed by atoms with Crippen LogP contribution in [0, 0.1) is 0 Å². The molecule has 0 spiro atoms. The second-order valence-electron chi connectivity index (χ2n) is 11.5. The Labute approximate surface area is 241 Å². The molecular formula is C28H31N9O5. The number of aliphatic hydroxyl groups is 1. The fourth-order valence-electron chi connectivity index (χ4n) is 4.78. The van der Waals surface area contributed by atoms with Crippen molar-refractivity contribution in [3.63, 3.8) is 0 Å². The molecule has 0 radical (unpaired) electrons. The summed E-state index contributed by atoms with van der Waals surface area (Å²) in [5.41, 5.74) is 0.477. The number of carbonyl (C=O) groups excluding carboxylic acids is 2. The third kappa shape index (κ3) is 5.28. The van der Waals surface area contributed by atoms with Crippen LogP contribution in [-0.4, -0.2) is 89.1 Å². The average Bonchev–Trinajstić information content (AvgIpc) is 3.65. The SMILES string of the molecule is CN1CCC(O)(c2cc(-c3cccc(-c4ccnc(Nc5cnn(C6CN(C(=O)OC(C)(C)C)C6)c5)n4)n3)no2)C1=O. The molecule has 4 aromatic rings. The number of nitrogens with zero attached hydrogens (tertiary/aromatic N) is 8. The molecule has 6 rings (SSSR count). The summed E-state index contributed by atoms with van der Waals surface area (Å²) < 4.78 is 12.6. The van der Waals surface area contributed by atoms with Crippen LogP contribution >= 0.6 is 0 Å². The van der Waals surface area contributed by atoms with Crippen LogP contribution in [0.2, 0.25) is 0 Å². The molecule has 2 aliphatic heterocycles. The molecule has 0 aliphatic carbocycles. The van der Waals surface area contributed by atoms with Crippen molar-refractivity contribution in [3.8, 4) is 22.8 Å². The Hall–Kier alpha value is -4.85. The largest absolute Gasteiger partial charge is 0.444 e. The van der Waals surface area contributed by atoms with Gasteiger partial charge in [-0.2, -0.15) is 5.10 Å². The van der Waals surface area contributed by atoms with Crippen molar-refractivity contribution in [2.75, 3.05) is 32.0 Å². The van der Waals surface area contributed by atoms with Crippen molar-refractivity contribution in [2.45, 2.75) is 44.4 Å². The fourth-order valence-corrected chi connectivity index (χ4v) is 4.78. The van der Waals surface area contributed by atoms with Gasteiger partial charge in [-0.3, -0.25) is 9.48 Å². The van der Waals surface area contributed by atoms with Crippen molar-refractivity contribution in [1.82, 2.24) is 39.7 Å². The minimum absolute atomic E-state index is 0.0534. The predicted octanol–water partition coefficient (Wildman–Crippen LogP) is 2.98. The molecule has 14 nitrogen and oxygen atoms in total. The van der Waals surface area contributed by atoms with Crippen LogP contribution in [0.4, 0.5) is 16.4 Å². The zero-order valence-corrected chi connectivity index (χ0v) is 23.7. The molecule has 2 saturated heterocycles. The number of aromatic nitrogens is 6. The first-order valence-corrected chi connectivity index (χ1v) is 13.5. The molecule has 2 N–H and O–H groups in total. The summed E-state index contributed by atoms with van der Waals surface area (Å²) in [5, 5.41) is 22.5. The molecule has 6 heterocycles. The third-order valence-corrected chi connectivity index (χ3v) is 7.10. The Morgan fingerprint density at radius 2 is 1.88 bits per heavy atom. The highest BCUT2D eigenvalue weighted by atomic mass is 16.6. The lowest BCUT2D eigenvalue weighted by molar-refractivity contribution is -0.144. The Morgan fingerprint density at radius 3 is 2.60 bits per heavy atom. The van der Waals surface area contributed by atoms with Gasteiger partial charge in [0.1, 0.15) is 11.3 Å². The third-order valence-electron chi connectivity index (χ3n) is 7.10. The first-order chi connectivity index (χ1) is 20.0. The van der Waals surface area contributed by atoms with E-state index in [9.17, 15) is 14.7 Å². The summed E-state index contributed by atoms with van der Waals surface area (Å²) in [6, 6.07) is 8.72. The van der Waals surface area contributed by atoms with Gasteiger partial charge in [0.15, 0.2) is 5.76 Å². The zero-order valence-electron chi connectivity index (χ0n) is 23.7. The summed E-state index contributed by atoms with van der Waals surface area (Å²) in [7, 11) is 1.63. The quantitative estimate of drug-likeness (QED) is 0.348. The molecule has 2 fully saturated rings. The molecule has 4 aromatic heterocycles. The summed E-state index contributed by atoms with van der Waals surface area (Å²) in [6.07, 6.45) is 5.04. The van der Waals surface area contributed by atoms with Crippen LogP contribution in [0.15, 0.2) is 53.4 Å². The van der Waals surface area contributed by atoms with E-state index in [4.69, 9.17) is 9.26 Å². The van der Waals surface area contributed by atoms with Crippen molar-refractivity contribution in [1.29, 1.82) is 0 Å². The number of pyridine rings is 1. The van der Waals surface area contributed by atoms with Gasteiger partial charge in [-0.15, -0.1) is 0 Å². The molecule has 1 atom stereocenters. The number of amides is 2. The highest BCUT2D eigenvalue weighted by Gasteiger charge is 2.48. The lowest BCUT2D eigenvalue weighted by Crippen LogP contribution is -2.52. The van der Waals surface area contributed by atoms with E-state index < -0.39 is 17.1 Å². The van der Waals surface area contributed by atoms with E-state index in [1.807, 2.05) is 39.1 Å². The zero-order chi connectivity index (χ0) is 29.6. The Bertz CT molecular complexity index is 1640. The van der Waals surface area contributed by atoms with Gasteiger partial charge >= 0.3 is 6.09 Å². The molecule has 0 saturated carbocycles. The van der Waals surface area contributed by atoms with E-state index in [1.165, 1.54) is 4.90 Å². The number of ether oxygens (including phenoxy) is 1. The van der Waals surface area contributed by atoms with Gasteiger partial charge in [-0.05, 0) is 39.0 Å². The van der Waals surface area contributed by atoms with E-state index in [0.717, 1.165) is 0 Å². The molecule has 2 aliphatic rings. The molecular weight excluding hydrogens is 542 g/mol. The number of nitrogens with one attached hydrogen (secondary N) is 1. The van der Waals surface area contributed by atoms with Crippen molar-refractivity contribution in [2.24, 2.45) is 0 Å². The lowest BCUT2D eigenvalue weighted by Gasteiger charge is -2.39. The van der Waals surface area contributed by atoms with Crippen molar-refractivity contribution in [3.05, 3.63) is 54.7 Å². The average molecular weight is 574 g/mol. The minimum atomic E-state index is -1.73. The van der Waals surface area contributed by atoms with Crippen LogP contribution in [-0.2, 0) is 15.1 Å². The van der Waals surface area contributed by atoms with E-state index >= 15 is 0 Å². The van der Waals surface area contributed by atoms with E-state index in [0.29, 0.717) is 54.0 Å². The van der Waals surface area contributed by atoms with Crippen LogP contribution < -0.4 is 5.32 Å². The number of rotatable bonds is 6. The highest BCUT2D eigenvalue weighted by Crippen LogP contribution is 2.34. The molecule has 1 unspecified atom stereocenters. The first kappa shape index (κ1) is 27.3. The van der Waals surface area contributed by atoms with Gasteiger partial charge in [0.05, 0.1) is 35.0 Å². The lowest BCUT2D eigenvalue weighted by atomic mass is 9.98. The van der Waals surface area contributed by atoms with E-state index in [-0.39, 0.29) is 24.3 Å². The number of hydrogen-bond donors (Lipinski definition) is 2. The smallest absolute Gasteiger partial charge is 0.410 e. The number of likely N-dealkylation sites (tertiary alicyclic amines) is 2. The summed E-state index contributed by atoms with van der Waals surface area (Å²) in [5.74, 6) is 0.0274. The molecule has 0 aromatic carbocycles. The molecule has 2 amide bonds. The number of likely N-dealkylation sites (N-methyl/N-ethyl adjacent to an activating group) is 1. The van der Waals surface area contributed by atoms with E-state index in [1.54, 1.807) is 47.2 Å². The number of anilines is 2. The molecule has 218 valence electrons. The monoisotopic (exact) mass is 573 g/mol. The normalized spacial score (nSPS) is 19.2. The second kappa shape index (κ2) is 10.2. The second-order valence-corrected chi connectivity index (χ2v) is 11.5. The summed E-state index contributed by atoms with van der Waals surface area (Å²) in [6.45, 7) is 6.99. The standard InChI is InChI=1S/C28H31N9O5/c1-27(2,3)41-26(39)36-15-18(16-36)37-14-17(13-30-37)31-25-29-10-8-21(33-25)19-6-5-7-20(32-19)22-12-23(42-34-22)28(40)9-11-35(4)24(28)38/h5-8,10,12-14,18,40H,9,11,15-16H2,1-4H3,(H,29,31,33). The summed E-state index contributed by atoms with van der Waals surface area (Å²) in [4.78, 5) is 41.3. The van der Waals surface area contributed by atoms with Gasteiger partial charge in [0.25, 0.3) is 5.91 Å². The first-order valence-electron chi connectivity index (χ1n) is 13.5. The number of carbonyl (C=O) groups is 2. The van der Waals surface area contributed by atoms with Crippen LogP contribution in [0.25, 0.3) is 22.8 Å². The Balaban J connectivity index is 1.12. The Morgan fingerprint density at radius 1 is 1.14 bits per heavy atom. The van der Waals surface area contributed by atoms with Gasteiger partial charge in [0.2, 0.25) is 11.5 Å². The maximum atomic E-state index is 12.4. The highest BCUT2D eigenvalue weighted by molar-refractivity contribution is 5.87. The van der Waals surface area contributed by atoms with Gasteiger partial charge in [-0.1, -0.05) is 11.2 Å². The molecule has 14 heteroatoms. The topological polar surface area (TPSA) is 165 Å². The maximum absolute atomic E-state index is 12.4. The number of hydrogen-bond acceptors (Lipinski definition) is 11. The Kier molecular flexibility index (Phi) is 6.64. The van der Waals surface area contributed by atoms with Crippen LogP contribution in [0.5, 0.6) is 0 Å². The fraction of sp³-hybridized carbons (Fsp3) is 0.393. The molecule has 42 heavy (non-hydrogen) atoms. The van der Waals surface area contributed by atoms with Gasteiger partial charge < -0.3 is 29.5 Å². The van der Waals surface area contributed by atoms with Crippen molar-refractivity contribution >= 4 is 23.6 Å². The minimum Gasteiger partial charge on any atom is -0.444 e. The summed E-state index contributed by atoms with van der Waals surface area (Å²) >= 11 is 0. The maximum Gasteiger partial charge on any atom is 0.410 e. The van der Waals surface area contributed by atoms with Crippen LogP contribution in [0.1, 0.15) is 39.0 Å².